The Bertz CT molecular complexity index is 377. The van der Waals surface area contributed by atoms with Crippen LogP contribution in [-0.2, 0) is 0 Å². The lowest BCUT2D eigenvalue weighted by molar-refractivity contribution is -0.387. The first-order chi connectivity index (χ1) is 7.06. The van der Waals surface area contributed by atoms with Crippen LogP contribution in [0.5, 0.6) is 0 Å². The zero-order valence-corrected chi connectivity index (χ0v) is 9.05. The molecule has 0 saturated heterocycles. The van der Waals surface area contributed by atoms with Crippen molar-refractivity contribution in [2.75, 3.05) is 6.67 Å². The van der Waals surface area contributed by atoms with Crippen molar-refractivity contribution in [3.05, 3.63) is 39.7 Å². The summed E-state index contributed by atoms with van der Waals surface area (Å²) in [6.45, 7) is -0.619. The van der Waals surface area contributed by atoms with Crippen molar-refractivity contribution < 1.29 is 13.7 Å². The second-order valence-corrected chi connectivity index (χ2v) is 3.05. The van der Waals surface area contributed by atoms with Crippen molar-refractivity contribution in [1.29, 1.82) is 0 Å². The lowest BCUT2D eigenvalue weighted by Gasteiger charge is -2.09. The summed E-state index contributed by atoms with van der Waals surface area (Å²) in [7, 11) is 0. The zero-order chi connectivity index (χ0) is 11.4. The Kier molecular flexibility index (Phi) is 5.84. The number of benzene rings is 1. The van der Waals surface area contributed by atoms with E-state index < -0.39 is 29.1 Å². The molecule has 0 aromatic heterocycles. The third kappa shape index (κ3) is 3.39. The minimum atomic E-state index is -0.920. The number of rotatable bonds is 4. The molecule has 0 fully saturated rings. The molecule has 0 aliphatic carbocycles. The lowest BCUT2D eigenvalue weighted by Crippen LogP contribution is -2.11. The van der Waals surface area contributed by atoms with Gasteiger partial charge in [0, 0.05) is 12.1 Å². The van der Waals surface area contributed by atoms with Crippen LogP contribution in [0.3, 0.4) is 0 Å². The number of nitrogens with zero attached hydrogens (tertiary/aromatic N) is 1. The normalized spacial score (nSPS) is 11.7. The summed E-state index contributed by atoms with van der Waals surface area (Å²) >= 11 is 0. The van der Waals surface area contributed by atoms with Gasteiger partial charge in [0.25, 0.3) is 0 Å². The summed E-state index contributed by atoms with van der Waals surface area (Å²) < 4.78 is 24.9. The van der Waals surface area contributed by atoms with Crippen LogP contribution >= 0.6 is 12.4 Å². The number of alkyl halides is 1. The molecule has 4 nitrogen and oxygen atoms in total. The molecule has 0 heterocycles. The second kappa shape index (κ2) is 6.34. The number of nitrogens with two attached hydrogens (primary N) is 1. The van der Waals surface area contributed by atoms with Gasteiger partial charge in [-0.25, -0.2) is 0 Å². The third-order valence-electron chi connectivity index (χ3n) is 2.02. The van der Waals surface area contributed by atoms with Crippen molar-refractivity contribution >= 4 is 18.1 Å². The highest BCUT2D eigenvalue weighted by Crippen LogP contribution is 2.23. The summed E-state index contributed by atoms with van der Waals surface area (Å²) in [5, 5.41) is 10.4. The van der Waals surface area contributed by atoms with Gasteiger partial charge in [-0.15, -0.1) is 12.4 Å². The van der Waals surface area contributed by atoms with Gasteiger partial charge in [0.05, 0.1) is 11.6 Å². The highest BCUT2D eigenvalue weighted by atomic mass is 35.5. The molecule has 0 spiro atoms. The first kappa shape index (κ1) is 14.7. The maximum absolute atomic E-state index is 12.9. The van der Waals surface area contributed by atoms with Gasteiger partial charge in [-0.2, -0.15) is 4.39 Å². The van der Waals surface area contributed by atoms with Crippen LogP contribution in [0.4, 0.5) is 14.5 Å². The molecule has 1 atom stereocenters. The highest BCUT2D eigenvalue weighted by molar-refractivity contribution is 5.85. The molecule has 0 radical (unpaired) electrons. The van der Waals surface area contributed by atoms with Gasteiger partial charge in [0.2, 0.25) is 5.82 Å². The van der Waals surface area contributed by atoms with Crippen LogP contribution in [0.2, 0.25) is 0 Å². The molecule has 90 valence electrons. The second-order valence-electron chi connectivity index (χ2n) is 3.05. The molecule has 0 aliphatic heterocycles. The van der Waals surface area contributed by atoms with Crippen LogP contribution in [0.1, 0.15) is 18.0 Å². The molecule has 7 heteroatoms. The van der Waals surface area contributed by atoms with Crippen LogP contribution in [0.25, 0.3) is 0 Å². The Morgan fingerprint density at radius 3 is 2.62 bits per heavy atom. The summed E-state index contributed by atoms with van der Waals surface area (Å²) in [4.78, 5) is 9.57. The summed E-state index contributed by atoms with van der Waals surface area (Å²) in [5.41, 5.74) is 5.26. The maximum Gasteiger partial charge on any atom is 0.305 e. The minimum absolute atomic E-state index is 0. The van der Waals surface area contributed by atoms with E-state index in [0.29, 0.717) is 5.56 Å². The van der Waals surface area contributed by atoms with Gasteiger partial charge in [0.15, 0.2) is 0 Å². The summed E-state index contributed by atoms with van der Waals surface area (Å²) in [6.07, 6.45) is 0.0583. The Morgan fingerprint density at radius 1 is 1.50 bits per heavy atom. The fourth-order valence-corrected chi connectivity index (χ4v) is 1.18. The molecule has 0 unspecified atom stereocenters. The van der Waals surface area contributed by atoms with E-state index in [9.17, 15) is 18.9 Å². The van der Waals surface area contributed by atoms with E-state index in [1.165, 1.54) is 6.07 Å². The first-order valence-corrected chi connectivity index (χ1v) is 4.31. The predicted molar refractivity (Wildman–Crippen MR) is 57.8 cm³/mol. The molecule has 16 heavy (non-hydrogen) atoms. The molecule has 0 saturated carbocycles. The molecule has 2 N–H and O–H groups in total. The first-order valence-electron chi connectivity index (χ1n) is 4.31. The number of nitro benzene ring substituents is 1. The Balaban J connectivity index is 0.00000225. The van der Waals surface area contributed by atoms with Crippen LogP contribution in [-0.4, -0.2) is 11.6 Å². The number of halogens is 3. The third-order valence-corrected chi connectivity index (χ3v) is 2.02. The SMILES string of the molecule is Cl.N[C@@H](CCF)c1ccc(F)c([N+](=O)[O-])c1. The van der Waals surface area contributed by atoms with Gasteiger partial charge in [-0.05, 0) is 18.1 Å². The summed E-state index contributed by atoms with van der Waals surface area (Å²) in [6, 6.07) is 2.68. The van der Waals surface area contributed by atoms with E-state index in [4.69, 9.17) is 5.73 Å². The molecule has 0 amide bonds. The van der Waals surface area contributed by atoms with Crippen LogP contribution in [0, 0.1) is 15.9 Å². The molecule has 1 rings (SSSR count). The minimum Gasteiger partial charge on any atom is -0.324 e. The van der Waals surface area contributed by atoms with E-state index in [1.807, 2.05) is 0 Å². The van der Waals surface area contributed by atoms with E-state index in [0.717, 1.165) is 12.1 Å². The van der Waals surface area contributed by atoms with Gasteiger partial charge >= 0.3 is 5.69 Å². The topological polar surface area (TPSA) is 69.2 Å². The van der Waals surface area contributed by atoms with Crippen LogP contribution in [0.15, 0.2) is 18.2 Å². The van der Waals surface area contributed by atoms with E-state index in [-0.39, 0.29) is 18.8 Å². The van der Waals surface area contributed by atoms with E-state index in [1.54, 1.807) is 0 Å². The van der Waals surface area contributed by atoms with Gasteiger partial charge in [-0.1, -0.05) is 6.07 Å². The average molecular weight is 253 g/mol. The van der Waals surface area contributed by atoms with Crippen molar-refractivity contribution in [1.82, 2.24) is 0 Å². The van der Waals surface area contributed by atoms with Crippen molar-refractivity contribution in [3.63, 3.8) is 0 Å². The molecule has 0 bridgehead atoms. The fraction of sp³-hybridized carbons (Fsp3) is 0.333. The Hall–Kier alpha value is -1.27. The van der Waals surface area contributed by atoms with Crippen molar-refractivity contribution in [2.45, 2.75) is 12.5 Å². The predicted octanol–water partition coefficient (Wildman–Crippen LogP) is 2.52. The summed E-state index contributed by atoms with van der Waals surface area (Å²) in [5.74, 6) is -0.920. The standard InChI is InChI=1S/C9H10F2N2O2.ClH/c10-4-3-8(12)6-1-2-7(11)9(5-6)13(14)15;/h1-2,5,8H,3-4,12H2;1H/t8-;/m0./s1. The number of hydrogen-bond donors (Lipinski definition) is 1. The average Bonchev–Trinajstić information content (AvgIpc) is 2.18. The monoisotopic (exact) mass is 252 g/mol. The molecule has 1 aromatic carbocycles. The molecular formula is C9H11ClF2N2O2. The van der Waals surface area contributed by atoms with E-state index in [2.05, 4.69) is 0 Å². The fourth-order valence-electron chi connectivity index (χ4n) is 1.18. The molecule has 0 aliphatic rings. The highest BCUT2D eigenvalue weighted by Gasteiger charge is 2.16. The lowest BCUT2D eigenvalue weighted by atomic mass is 10.0. The van der Waals surface area contributed by atoms with Crippen molar-refractivity contribution in [3.8, 4) is 0 Å². The van der Waals surface area contributed by atoms with Gasteiger partial charge in [0.1, 0.15) is 0 Å². The smallest absolute Gasteiger partial charge is 0.305 e. The Labute approximate surface area is 97.0 Å². The Morgan fingerprint density at radius 2 is 2.12 bits per heavy atom. The molecule has 1 aromatic rings. The number of hydrogen-bond acceptors (Lipinski definition) is 3. The van der Waals surface area contributed by atoms with Gasteiger partial charge in [-0.3, -0.25) is 14.5 Å². The van der Waals surface area contributed by atoms with Gasteiger partial charge < -0.3 is 5.73 Å². The molecular weight excluding hydrogens is 242 g/mol. The zero-order valence-electron chi connectivity index (χ0n) is 8.23. The van der Waals surface area contributed by atoms with Crippen molar-refractivity contribution in [2.24, 2.45) is 5.73 Å². The van der Waals surface area contributed by atoms with Crippen LogP contribution < -0.4 is 5.73 Å². The number of nitro groups is 1. The largest absolute Gasteiger partial charge is 0.324 e. The quantitative estimate of drug-likeness (QED) is 0.661. The maximum atomic E-state index is 12.9. The van der Waals surface area contributed by atoms with E-state index >= 15 is 0 Å².